The fourth-order valence-electron chi connectivity index (χ4n) is 1.58. The summed E-state index contributed by atoms with van der Waals surface area (Å²) >= 11 is 3.25. The molecular weight excluding hydrogens is 285 g/mol. The molecule has 0 heterocycles. The largest absolute Gasteiger partial charge is 0.399 e. The minimum atomic E-state index is -0.992. The summed E-state index contributed by atoms with van der Waals surface area (Å²) in [5.74, 6) is -0.433. The Balaban J connectivity index is 2.39. The second-order valence-electron chi connectivity index (χ2n) is 3.74. The quantitative estimate of drug-likeness (QED) is 0.836. The number of hydrogen-bond donors (Lipinski definition) is 2. The molecule has 1 atom stereocenters. The Hall–Kier alpha value is -1.39. The van der Waals surface area contributed by atoms with E-state index >= 15 is 0 Å². The third kappa shape index (κ3) is 2.65. The van der Waals surface area contributed by atoms with Crippen LogP contribution in [0.5, 0.6) is 0 Å². The van der Waals surface area contributed by atoms with Gasteiger partial charge in [-0.3, -0.25) is 0 Å². The average molecular weight is 296 g/mol. The van der Waals surface area contributed by atoms with Gasteiger partial charge in [0.1, 0.15) is 11.9 Å². The van der Waals surface area contributed by atoms with Gasteiger partial charge in [-0.25, -0.2) is 4.39 Å². The molecule has 1 unspecified atom stereocenters. The Morgan fingerprint density at radius 1 is 1.12 bits per heavy atom. The summed E-state index contributed by atoms with van der Waals surface area (Å²) in [5, 5.41) is 10.1. The SMILES string of the molecule is Nc1ccc(C(O)c2cc(Br)ccc2F)cc1. The monoisotopic (exact) mass is 295 g/mol. The lowest BCUT2D eigenvalue weighted by Gasteiger charge is -2.13. The van der Waals surface area contributed by atoms with Crippen molar-refractivity contribution in [1.29, 1.82) is 0 Å². The Bertz CT molecular complexity index is 527. The highest BCUT2D eigenvalue weighted by Gasteiger charge is 2.15. The second kappa shape index (κ2) is 4.85. The van der Waals surface area contributed by atoms with Gasteiger partial charge in [-0.2, -0.15) is 0 Å². The topological polar surface area (TPSA) is 46.2 Å². The summed E-state index contributed by atoms with van der Waals surface area (Å²) in [6.45, 7) is 0. The Morgan fingerprint density at radius 2 is 1.76 bits per heavy atom. The third-order valence-electron chi connectivity index (χ3n) is 2.50. The molecule has 0 fully saturated rings. The molecule has 0 aromatic heterocycles. The molecule has 88 valence electrons. The van der Waals surface area contributed by atoms with Crippen LogP contribution < -0.4 is 5.73 Å². The van der Waals surface area contributed by atoms with Crippen molar-refractivity contribution in [3.8, 4) is 0 Å². The van der Waals surface area contributed by atoms with Gasteiger partial charge in [-0.1, -0.05) is 28.1 Å². The fraction of sp³-hybridized carbons (Fsp3) is 0.0769. The van der Waals surface area contributed by atoms with Gasteiger partial charge in [0.05, 0.1) is 0 Å². The van der Waals surface area contributed by atoms with Gasteiger partial charge in [0.2, 0.25) is 0 Å². The van der Waals surface area contributed by atoms with Gasteiger partial charge in [-0.05, 0) is 35.9 Å². The fourth-order valence-corrected chi connectivity index (χ4v) is 1.96. The van der Waals surface area contributed by atoms with Gasteiger partial charge >= 0.3 is 0 Å². The molecule has 17 heavy (non-hydrogen) atoms. The first-order chi connectivity index (χ1) is 8.08. The number of nitrogen functional groups attached to an aromatic ring is 1. The smallest absolute Gasteiger partial charge is 0.129 e. The lowest BCUT2D eigenvalue weighted by atomic mass is 10.0. The van der Waals surface area contributed by atoms with Crippen molar-refractivity contribution in [3.63, 3.8) is 0 Å². The van der Waals surface area contributed by atoms with Crippen LogP contribution in [0.4, 0.5) is 10.1 Å². The molecule has 0 saturated carbocycles. The number of nitrogens with two attached hydrogens (primary N) is 1. The zero-order valence-electron chi connectivity index (χ0n) is 8.90. The average Bonchev–Trinajstić information content (AvgIpc) is 2.32. The highest BCUT2D eigenvalue weighted by molar-refractivity contribution is 9.10. The predicted octanol–water partition coefficient (Wildman–Crippen LogP) is 3.25. The van der Waals surface area contributed by atoms with Crippen LogP contribution >= 0.6 is 15.9 Å². The zero-order valence-corrected chi connectivity index (χ0v) is 10.5. The van der Waals surface area contributed by atoms with Crippen LogP contribution in [-0.4, -0.2) is 5.11 Å². The van der Waals surface area contributed by atoms with Crippen molar-refractivity contribution < 1.29 is 9.50 Å². The van der Waals surface area contributed by atoms with Gasteiger partial charge in [0, 0.05) is 15.7 Å². The third-order valence-corrected chi connectivity index (χ3v) is 3.00. The first-order valence-electron chi connectivity index (χ1n) is 5.06. The molecule has 2 rings (SSSR count). The zero-order chi connectivity index (χ0) is 12.4. The molecule has 0 amide bonds. The molecule has 2 aromatic carbocycles. The van der Waals surface area contributed by atoms with Crippen molar-refractivity contribution in [2.24, 2.45) is 0 Å². The highest BCUT2D eigenvalue weighted by Crippen LogP contribution is 2.27. The maximum absolute atomic E-state index is 13.6. The van der Waals surface area contributed by atoms with Crippen molar-refractivity contribution in [1.82, 2.24) is 0 Å². The van der Waals surface area contributed by atoms with Crippen molar-refractivity contribution in [2.45, 2.75) is 6.10 Å². The molecule has 0 aliphatic heterocycles. The minimum absolute atomic E-state index is 0.240. The normalized spacial score (nSPS) is 12.4. The summed E-state index contributed by atoms with van der Waals surface area (Å²) < 4.78 is 14.3. The first-order valence-corrected chi connectivity index (χ1v) is 5.85. The van der Waals surface area contributed by atoms with Crippen LogP contribution in [0.25, 0.3) is 0 Å². The summed E-state index contributed by atoms with van der Waals surface area (Å²) in [6.07, 6.45) is -0.992. The van der Waals surface area contributed by atoms with E-state index in [9.17, 15) is 9.50 Å². The van der Waals surface area contributed by atoms with Gasteiger partial charge in [0.15, 0.2) is 0 Å². The van der Waals surface area contributed by atoms with Crippen molar-refractivity contribution in [2.75, 3.05) is 5.73 Å². The van der Waals surface area contributed by atoms with Crippen molar-refractivity contribution >= 4 is 21.6 Å². The van der Waals surface area contributed by atoms with Crippen LogP contribution in [0.2, 0.25) is 0 Å². The first kappa shape index (κ1) is 12.1. The maximum Gasteiger partial charge on any atom is 0.129 e. The standard InChI is InChI=1S/C13H11BrFNO/c14-9-3-6-12(15)11(7-9)13(17)8-1-4-10(16)5-2-8/h1-7,13,17H,16H2. The molecule has 3 N–H and O–H groups in total. The lowest BCUT2D eigenvalue weighted by Crippen LogP contribution is -2.02. The Labute approximate surface area is 107 Å². The molecule has 4 heteroatoms. The number of benzene rings is 2. The van der Waals surface area contributed by atoms with Crippen molar-refractivity contribution in [3.05, 3.63) is 63.9 Å². The van der Waals surface area contributed by atoms with Gasteiger partial charge in [0.25, 0.3) is 0 Å². The van der Waals surface area contributed by atoms with Crippen LogP contribution in [0.15, 0.2) is 46.9 Å². The number of aliphatic hydroxyl groups is 1. The van der Waals surface area contributed by atoms with E-state index in [1.54, 1.807) is 36.4 Å². The maximum atomic E-state index is 13.6. The molecule has 0 aliphatic carbocycles. The highest BCUT2D eigenvalue weighted by atomic mass is 79.9. The Morgan fingerprint density at radius 3 is 2.41 bits per heavy atom. The summed E-state index contributed by atoms with van der Waals surface area (Å²) in [4.78, 5) is 0. The van der Waals surface area contributed by atoms with E-state index in [4.69, 9.17) is 5.73 Å². The molecule has 2 aromatic rings. The second-order valence-corrected chi connectivity index (χ2v) is 4.65. The van der Waals surface area contributed by atoms with E-state index in [0.29, 0.717) is 11.3 Å². The molecule has 0 spiro atoms. The van der Waals surface area contributed by atoms with E-state index in [2.05, 4.69) is 15.9 Å². The summed E-state index contributed by atoms with van der Waals surface area (Å²) in [6, 6.07) is 11.2. The molecule has 0 saturated heterocycles. The molecule has 0 aliphatic rings. The predicted molar refractivity (Wildman–Crippen MR) is 69.0 cm³/mol. The summed E-state index contributed by atoms with van der Waals surface area (Å²) in [7, 11) is 0. The van der Waals surface area contributed by atoms with Gasteiger partial charge < -0.3 is 10.8 Å². The molecule has 0 bridgehead atoms. The molecule has 2 nitrogen and oxygen atoms in total. The number of hydrogen-bond acceptors (Lipinski definition) is 2. The number of aliphatic hydroxyl groups excluding tert-OH is 1. The lowest BCUT2D eigenvalue weighted by molar-refractivity contribution is 0.215. The van der Waals surface area contributed by atoms with E-state index in [1.165, 1.54) is 6.07 Å². The van der Waals surface area contributed by atoms with E-state index in [1.807, 2.05) is 0 Å². The minimum Gasteiger partial charge on any atom is -0.399 e. The number of rotatable bonds is 2. The van der Waals surface area contributed by atoms with Gasteiger partial charge in [-0.15, -0.1) is 0 Å². The van der Waals surface area contributed by atoms with Crippen LogP contribution in [-0.2, 0) is 0 Å². The van der Waals surface area contributed by atoms with E-state index < -0.39 is 11.9 Å². The number of anilines is 1. The van der Waals surface area contributed by atoms with Crippen LogP contribution in [0.1, 0.15) is 17.2 Å². The van der Waals surface area contributed by atoms with E-state index in [-0.39, 0.29) is 5.56 Å². The van der Waals surface area contributed by atoms with Crippen LogP contribution in [0.3, 0.4) is 0 Å². The Kier molecular flexibility index (Phi) is 3.45. The molecular formula is C13H11BrFNO. The molecule has 0 radical (unpaired) electrons. The van der Waals surface area contributed by atoms with Crippen LogP contribution in [0, 0.1) is 5.82 Å². The van der Waals surface area contributed by atoms with E-state index in [0.717, 1.165) is 4.47 Å². The number of halogens is 2. The summed E-state index contributed by atoms with van der Waals surface area (Å²) in [5.41, 5.74) is 7.01.